The normalized spacial score (nSPS) is 9.52. The number of nitrogens with zero attached hydrogens (tertiary/aromatic N) is 2. The van der Waals surface area contributed by atoms with Gasteiger partial charge in [0.1, 0.15) is 11.8 Å². The van der Waals surface area contributed by atoms with Crippen molar-refractivity contribution in [1.29, 1.82) is 10.5 Å². The van der Waals surface area contributed by atoms with Crippen molar-refractivity contribution in [3.8, 4) is 17.9 Å². The van der Waals surface area contributed by atoms with Gasteiger partial charge in [0, 0.05) is 5.69 Å². The lowest BCUT2D eigenvalue weighted by atomic mass is 10.2. The van der Waals surface area contributed by atoms with Crippen molar-refractivity contribution in [3.63, 3.8) is 0 Å². The summed E-state index contributed by atoms with van der Waals surface area (Å²) >= 11 is 5.90. The van der Waals surface area contributed by atoms with Crippen LogP contribution in [-0.2, 0) is 11.2 Å². The highest BCUT2D eigenvalue weighted by Gasteiger charge is 2.06. The van der Waals surface area contributed by atoms with Crippen LogP contribution in [0.3, 0.4) is 0 Å². The quantitative estimate of drug-likeness (QED) is 0.913. The van der Waals surface area contributed by atoms with E-state index in [0.717, 1.165) is 5.56 Å². The van der Waals surface area contributed by atoms with Gasteiger partial charge in [0.2, 0.25) is 0 Å². The molecule has 1 N–H and O–H groups in total. The van der Waals surface area contributed by atoms with Gasteiger partial charge in [-0.25, -0.2) is 0 Å². The van der Waals surface area contributed by atoms with Crippen LogP contribution in [0.4, 0.5) is 5.69 Å². The van der Waals surface area contributed by atoms with E-state index in [1.54, 1.807) is 30.3 Å². The summed E-state index contributed by atoms with van der Waals surface area (Å²) < 4.78 is 5.37. The largest absolute Gasteiger partial charge is 0.484 e. The van der Waals surface area contributed by atoms with E-state index >= 15 is 0 Å². The molecule has 0 aliphatic carbocycles. The van der Waals surface area contributed by atoms with Gasteiger partial charge in [0.05, 0.1) is 23.1 Å². The summed E-state index contributed by atoms with van der Waals surface area (Å²) in [5.74, 6) is 0.201. The topological polar surface area (TPSA) is 85.9 Å². The maximum atomic E-state index is 11.8. The molecule has 0 heterocycles. The molecule has 0 radical (unpaired) electrons. The fraction of sp³-hybridized carbons (Fsp3) is 0.118. The van der Waals surface area contributed by atoms with Crippen molar-refractivity contribution in [2.75, 3.05) is 11.9 Å². The van der Waals surface area contributed by atoms with Crippen molar-refractivity contribution >= 4 is 23.2 Å². The Labute approximate surface area is 138 Å². The van der Waals surface area contributed by atoms with E-state index in [2.05, 4.69) is 11.4 Å². The van der Waals surface area contributed by atoms with Gasteiger partial charge in [0.15, 0.2) is 6.61 Å². The van der Waals surface area contributed by atoms with E-state index in [0.29, 0.717) is 23.4 Å². The van der Waals surface area contributed by atoms with Gasteiger partial charge in [-0.15, -0.1) is 0 Å². The number of rotatable bonds is 5. The van der Waals surface area contributed by atoms with Gasteiger partial charge in [-0.2, -0.15) is 10.5 Å². The Morgan fingerprint density at radius 3 is 2.52 bits per heavy atom. The Morgan fingerprint density at radius 2 is 1.91 bits per heavy atom. The fourth-order valence-electron chi connectivity index (χ4n) is 1.82. The summed E-state index contributed by atoms with van der Waals surface area (Å²) in [6.07, 6.45) is 0.334. The summed E-state index contributed by atoms with van der Waals surface area (Å²) in [6, 6.07) is 15.6. The number of nitrogens with one attached hydrogen (secondary N) is 1. The van der Waals surface area contributed by atoms with Crippen molar-refractivity contribution < 1.29 is 9.53 Å². The van der Waals surface area contributed by atoms with Crippen LogP contribution >= 0.6 is 11.6 Å². The molecule has 23 heavy (non-hydrogen) atoms. The number of benzene rings is 2. The lowest BCUT2D eigenvalue weighted by Crippen LogP contribution is -2.20. The molecular formula is C17H12ClN3O2. The van der Waals surface area contributed by atoms with Gasteiger partial charge in [-0.05, 0) is 35.9 Å². The summed E-state index contributed by atoms with van der Waals surface area (Å²) in [7, 11) is 0. The highest BCUT2D eigenvalue weighted by atomic mass is 35.5. The maximum Gasteiger partial charge on any atom is 0.262 e. The van der Waals surface area contributed by atoms with Crippen LogP contribution in [0.5, 0.6) is 5.75 Å². The first kappa shape index (κ1) is 16.4. The van der Waals surface area contributed by atoms with Crippen LogP contribution in [0.25, 0.3) is 0 Å². The number of carbonyl (C=O) groups is 1. The Morgan fingerprint density at radius 1 is 1.17 bits per heavy atom. The minimum absolute atomic E-state index is 0.158. The third-order valence-electron chi connectivity index (χ3n) is 2.95. The molecule has 0 saturated heterocycles. The van der Waals surface area contributed by atoms with E-state index in [4.69, 9.17) is 26.9 Å². The number of hydrogen-bond acceptors (Lipinski definition) is 4. The van der Waals surface area contributed by atoms with Crippen molar-refractivity contribution in [2.24, 2.45) is 0 Å². The van der Waals surface area contributed by atoms with Gasteiger partial charge >= 0.3 is 0 Å². The number of ether oxygens (including phenoxy) is 1. The number of carbonyl (C=O) groups excluding carboxylic acids is 1. The molecule has 0 unspecified atom stereocenters. The molecule has 114 valence electrons. The maximum absolute atomic E-state index is 11.8. The molecule has 0 bridgehead atoms. The zero-order valence-electron chi connectivity index (χ0n) is 12.0. The first-order valence-electron chi connectivity index (χ1n) is 6.70. The van der Waals surface area contributed by atoms with Crippen LogP contribution in [0.1, 0.15) is 11.1 Å². The molecule has 0 atom stereocenters. The molecule has 0 fully saturated rings. The van der Waals surface area contributed by atoms with Gasteiger partial charge in [0.25, 0.3) is 5.91 Å². The van der Waals surface area contributed by atoms with Crippen LogP contribution in [0, 0.1) is 22.7 Å². The van der Waals surface area contributed by atoms with Gasteiger partial charge in [-0.1, -0.05) is 23.7 Å². The summed E-state index contributed by atoms with van der Waals surface area (Å²) in [4.78, 5) is 11.8. The second kappa shape index (κ2) is 7.84. The Bertz CT molecular complexity index is 789. The molecule has 6 heteroatoms. The molecule has 2 aromatic rings. The molecule has 0 aromatic heterocycles. The lowest BCUT2D eigenvalue weighted by molar-refractivity contribution is -0.118. The second-order valence-electron chi connectivity index (χ2n) is 4.62. The van der Waals surface area contributed by atoms with E-state index in [1.807, 2.05) is 6.07 Å². The molecule has 5 nitrogen and oxygen atoms in total. The SMILES string of the molecule is N#CCc1ccc(OCC(=O)Nc2ccc(C#N)c(Cl)c2)cc1. The van der Waals surface area contributed by atoms with Crippen LogP contribution < -0.4 is 10.1 Å². The number of nitriles is 2. The molecule has 0 aliphatic heterocycles. The van der Waals surface area contributed by atoms with Crippen molar-refractivity contribution in [3.05, 3.63) is 58.6 Å². The molecule has 0 saturated carbocycles. The average Bonchev–Trinajstić information content (AvgIpc) is 2.55. The standard InChI is InChI=1S/C17H12ClN3O2/c18-16-9-14(4-3-13(16)10-20)21-17(22)11-23-15-5-1-12(2-6-15)7-8-19/h1-6,9H,7,11H2,(H,21,22). The number of amides is 1. The van der Waals surface area contributed by atoms with Crippen molar-refractivity contribution in [1.82, 2.24) is 0 Å². The smallest absolute Gasteiger partial charge is 0.262 e. The molecular weight excluding hydrogens is 314 g/mol. The molecule has 0 spiro atoms. The average molecular weight is 326 g/mol. The van der Waals surface area contributed by atoms with Crippen molar-refractivity contribution in [2.45, 2.75) is 6.42 Å². The van der Waals surface area contributed by atoms with E-state index in [-0.39, 0.29) is 17.5 Å². The van der Waals surface area contributed by atoms with Gasteiger partial charge < -0.3 is 10.1 Å². The van der Waals surface area contributed by atoms with E-state index in [9.17, 15) is 4.79 Å². The fourth-order valence-corrected chi connectivity index (χ4v) is 2.05. The highest BCUT2D eigenvalue weighted by Crippen LogP contribution is 2.20. The Balaban J connectivity index is 1.89. The molecule has 2 aromatic carbocycles. The van der Waals surface area contributed by atoms with Gasteiger partial charge in [-0.3, -0.25) is 4.79 Å². The molecule has 0 aliphatic rings. The van der Waals surface area contributed by atoms with Crippen LogP contribution in [0.2, 0.25) is 5.02 Å². The molecule has 1 amide bonds. The number of hydrogen-bond donors (Lipinski definition) is 1. The summed E-state index contributed by atoms with van der Waals surface area (Å²) in [5, 5.41) is 20.3. The summed E-state index contributed by atoms with van der Waals surface area (Å²) in [6.45, 7) is -0.158. The zero-order chi connectivity index (χ0) is 16.7. The third kappa shape index (κ3) is 4.74. The molecule has 2 rings (SSSR count). The summed E-state index contributed by atoms with van der Waals surface area (Å²) in [5.41, 5.74) is 1.72. The first-order valence-corrected chi connectivity index (χ1v) is 7.08. The van der Waals surface area contributed by atoms with E-state index < -0.39 is 0 Å². The zero-order valence-corrected chi connectivity index (χ0v) is 12.8. The lowest BCUT2D eigenvalue weighted by Gasteiger charge is -2.08. The monoisotopic (exact) mass is 325 g/mol. The highest BCUT2D eigenvalue weighted by molar-refractivity contribution is 6.32. The Kier molecular flexibility index (Phi) is 5.57. The Hall–Kier alpha value is -3.02. The number of anilines is 1. The third-order valence-corrected chi connectivity index (χ3v) is 3.26. The first-order chi connectivity index (χ1) is 11.1. The number of halogens is 1. The minimum atomic E-state index is -0.341. The predicted octanol–water partition coefficient (Wildman–Crippen LogP) is 3.30. The second-order valence-corrected chi connectivity index (χ2v) is 5.03. The minimum Gasteiger partial charge on any atom is -0.484 e. The predicted molar refractivity (Wildman–Crippen MR) is 86.1 cm³/mol. The van der Waals surface area contributed by atoms with Crippen LogP contribution in [0.15, 0.2) is 42.5 Å². The van der Waals surface area contributed by atoms with E-state index in [1.165, 1.54) is 12.1 Å². The van der Waals surface area contributed by atoms with Crippen LogP contribution in [-0.4, -0.2) is 12.5 Å².